The van der Waals surface area contributed by atoms with Crippen LogP contribution in [-0.2, 0) is 0 Å². The first-order valence-corrected chi connectivity index (χ1v) is 10.4. The quantitative estimate of drug-likeness (QED) is 0.356. The molecule has 156 valence electrons. The fraction of sp³-hybridized carbons (Fsp3) is 0.0870. The number of H-pyrrole nitrogens is 1. The molecule has 0 aliphatic heterocycles. The van der Waals surface area contributed by atoms with Crippen LogP contribution in [0.1, 0.15) is 22.2 Å². The van der Waals surface area contributed by atoms with Crippen molar-refractivity contribution in [3.63, 3.8) is 0 Å². The highest BCUT2D eigenvalue weighted by Crippen LogP contribution is 2.24. The summed E-state index contributed by atoms with van der Waals surface area (Å²) < 4.78 is 6.70. The van der Waals surface area contributed by atoms with E-state index in [1.807, 2.05) is 60.0 Å². The van der Waals surface area contributed by atoms with E-state index < -0.39 is 0 Å². The van der Waals surface area contributed by atoms with E-state index in [9.17, 15) is 9.59 Å². The summed E-state index contributed by atoms with van der Waals surface area (Å²) in [5.41, 5.74) is 5.14. The van der Waals surface area contributed by atoms with Gasteiger partial charge >= 0.3 is 0 Å². The zero-order valence-electron chi connectivity index (χ0n) is 17.0. The number of amides is 1. The molecule has 0 saturated carbocycles. The number of carbonyl (C=O) groups is 1. The maximum atomic E-state index is 13.3. The Labute approximate surface area is 182 Å². The third-order valence-corrected chi connectivity index (χ3v) is 5.58. The first-order chi connectivity index (χ1) is 15.1. The monoisotopic (exact) mass is 432 g/mol. The number of rotatable bonds is 6. The summed E-state index contributed by atoms with van der Waals surface area (Å²) in [6.45, 7) is 1.70. The van der Waals surface area contributed by atoms with E-state index in [0.717, 1.165) is 5.56 Å². The van der Waals surface area contributed by atoms with Crippen LogP contribution in [-0.4, -0.2) is 28.5 Å². The lowest BCUT2D eigenvalue weighted by molar-refractivity contribution is 0.0959. The first kappa shape index (κ1) is 20.4. The lowest BCUT2D eigenvalue weighted by Crippen LogP contribution is -2.23. The summed E-state index contributed by atoms with van der Waals surface area (Å²) in [4.78, 5) is 26.1. The van der Waals surface area contributed by atoms with Gasteiger partial charge in [0.25, 0.3) is 11.5 Å². The van der Waals surface area contributed by atoms with Crippen molar-refractivity contribution in [1.29, 1.82) is 0 Å². The predicted molar refractivity (Wildman–Crippen MR) is 122 cm³/mol. The normalized spacial score (nSPS) is 11.4. The summed E-state index contributed by atoms with van der Waals surface area (Å²) in [5, 5.41) is 9.21. The lowest BCUT2D eigenvalue weighted by Gasteiger charge is -2.05. The van der Waals surface area contributed by atoms with Crippen LogP contribution in [0.25, 0.3) is 16.9 Å². The minimum atomic E-state index is -0.320. The molecule has 0 radical (unpaired) electrons. The van der Waals surface area contributed by atoms with Crippen LogP contribution in [0.2, 0.25) is 0 Å². The Kier molecular flexibility index (Phi) is 5.81. The van der Waals surface area contributed by atoms with Crippen LogP contribution in [0, 0.1) is 0 Å². The zero-order valence-corrected chi connectivity index (χ0v) is 17.8. The second-order valence-electron chi connectivity index (χ2n) is 6.68. The zero-order chi connectivity index (χ0) is 21.8. The van der Waals surface area contributed by atoms with E-state index >= 15 is 0 Å². The highest BCUT2D eigenvalue weighted by Gasteiger charge is 2.20. The molecule has 2 N–H and O–H groups in total. The van der Waals surface area contributed by atoms with E-state index in [0.29, 0.717) is 33.3 Å². The van der Waals surface area contributed by atoms with Gasteiger partial charge in [0.05, 0.1) is 34.6 Å². The van der Waals surface area contributed by atoms with Gasteiger partial charge in [0.15, 0.2) is 0 Å². The van der Waals surface area contributed by atoms with E-state index in [-0.39, 0.29) is 11.5 Å². The van der Waals surface area contributed by atoms with Gasteiger partial charge in [-0.1, -0.05) is 24.3 Å². The van der Waals surface area contributed by atoms with Gasteiger partial charge in [-0.25, -0.2) is 10.1 Å². The Bertz CT molecular complexity index is 1270. The molecule has 8 heteroatoms. The average molecular weight is 433 g/mol. The van der Waals surface area contributed by atoms with Crippen molar-refractivity contribution in [3.05, 3.63) is 92.9 Å². The fourth-order valence-corrected chi connectivity index (χ4v) is 3.77. The van der Waals surface area contributed by atoms with Crippen molar-refractivity contribution in [3.8, 4) is 22.7 Å². The minimum absolute atomic E-state index is 0.261. The van der Waals surface area contributed by atoms with E-state index in [1.54, 1.807) is 26.2 Å². The molecule has 0 atom stereocenters. The van der Waals surface area contributed by atoms with Crippen molar-refractivity contribution in [2.45, 2.75) is 6.92 Å². The summed E-state index contributed by atoms with van der Waals surface area (Å²) in [6.07, 6.45) is 0. The Morgan fingerprint density at radius 1 is 1.06 bits per heavy atom. The third kappa shape index (κ3) is 4.19. The van der Waals surface area contributed by atoms with Gasteiger partial charge in [-0.3, -0.25) is 14.7 Å². The molecule has 7 nitrogen and oxygen atoms in total. The maximum absolute atomic E-state index is 13.3. The third-order valence-electron chi connectivity index (χ3n) is 4.72. The Balaban J connectivity index is 1.78. The highest BCUT2D eigenvalue weighted by atomic mass is 32.1. The van der Waals surface area contributed by atoms with Crippen molar-refractivity contribution in [2.75, 3.05) is 7.11 Å². The number of hydrogen-bond donors (Lipinski definition) is 2. The summed E-state index contributed by atoms with van der Waals surface area (Å²) in [5.74, 6) is 0.392. The van der Waals surface area contributed by atoms with E-state index in [2.05, 4.69) is 15.6 Å². The number of methoxy groups -OCH3 is 1. The number of ether oxygens (including phenoxy) is 1. The molecule has 2 aromatic carbocycles. The molecule has 4 aromatic rings. The maximum Gasteiger partial charge on any atom is 0.281 e. The Morgan fingerprint density at radius 2 is 1.81 bits per heavy atom. The van der Waals surface area contributed by atoms with Crippen LogP contribution < -0.4 is 15.7 Å². The van der Waals surface area contributed by atoms with Gasteiger partial charge in [0.1, 0.15) is 5.75 Å². The fourth-order valence-electron chi connectivity index (χ4n) is 3.15. The first-order valence-electron chi connectivity index (χ1n) is 9.52. The molecule has 4 rings (SSSR count). The standard InChI is InChI=1S/C23H20N4O3S/c1-15(24-25-22(28)19-9-6-14-31-19)20-21(16-10-12-18(30-2)13-11-16)26-27(23(20)29)17-7-4-3-5-8-17/h3-14,26H,1-2H3,(H,25,28). The SMILES string of the molecule is COc1ccc(-c2[nH]n(-c3ccccc3)c(=O)c2C(C)=NNC(=O)c2cccs2)cc1. The molecule has 0 unspecified atom stereocenters. The van der Waals surface area contributed by atoms with E-state index in [4.69, 9.17) is 4.74 Å². The molecule has 0 bridgehead atoms. The average Bonchev–Trinajstić information content (AvgIpc) is 3.46. The van der Waals surface area contributed by atoms with Crippen molar-refractivity contribution in [2.24, 2.45) is 5.10 Å². The number of hydrazone groups is 1. The molecule has 0 fully saturated rings. The summed E-state index contributed by atoms with van der Waals surface area (Å²) in [6, 6.07) is 20.2. The number of aromatic amines is 1. The van der Waals surface area contributed by atoms with Crippen LogP contribution in [0.4, 0.5) is 0 Å². The number of thiophene rings is 1. The van der Waals surface area contributed by atoms with Gasteiger partial charge in [0.2, 0.25) is 0 Å². The van der Waals surface area contributed by atoms with Gasteiger partial charge in [-0.15, -0.1) is 11.3 Å². The largest absolute Gasteiger partial charge is 0.497 e. The number of para-hydroxylation sites is 1. The molecule has 1 amide bonds. The molecule has 0 aliphatic carbocycles. The number of hydrogen-bond acceptors (Lipinski definition) is 5. The summed E-state index contributed by atoms with van der Waals surface area (Å²) in [7, 11) is 1.60. The van der Waals surface area contributed by atoms with Gasteiger partial charge in [-0.05, 0) is 54.8 Å². The van der Waals surface area contributed by atoms with Crippen LogP contribution >= 0.6 is 11.3 Å². The minimum Gasteiger partial charge on any atom is -0.497 e. The summed E-state index contributed by atoms with van der Waals surface area (Å²) >= 11 is 1.32. The van der Waals surface area contributed by atoms with Crippen molar-refractivity contribution < 1.29 is 9.53 Å². The topological polar surface area (TPSA) is 88.5 Å². The Hall–Kier alpha value is -3.91. The molecular formula is C23H20N4O3S. The number of nitrogens with one attached hydrogen (secondary N) is 2. The number of benzene rings is 2. The second kappa shape index (κ2) is 8.85. The van der Waals surface area contributed by atoms with Gasteiger partial charge in [-0.2, -0.15) is 5.10 Å². The molecule has 0 spiro atoms. The van der Waals surface area contributed by atoms with E-state index in [1.165, 1.54) is 16.0 Å². The van der Waals surface area contributed by atoms with Crippen LogP contribution in [0.3, 0.4) is 0 Å². The predicted octanol–water partition coefficient (Wildman–Crippen LogP) is 4.06. The van der Waals surface area contributed by atoms with Crippen LogP contribution in [0.15, 0.2) is 82.0 Å². The number of carbonyl (C=O) groups excluding carboxylic acids is 1. The second-order valence-corrected chi connectivity index (χ2v) is 7.63. The smallest absolute Gasteiger partial charge is 0.281 e. The van der Waals surface area contributed by atoms with Crippen molar-refractivity contribution in [1.82, 2.24) is 15.2 Å². The molecular weight excluding hydrogens is 412 g/mol. The van der Waals surface area contributed by atoms with Gasteiger partial charge < -0.3 is 4.74 Å². The number of aromatic nitrogens is 2. The molecule has 2 heterocycles. The molecule has 0 aliphatic rings. The lowest BCUT2D eigenvalue weighted by atomic mass is 10.1. The molecule has 31 heavy (non-hydrogen) atoms. The van der Waals surface area contributed by atoms with Crippen molar-refractivity contribution >= 4 is 23.0 Å². The van der Waals surface area contributed by atoms with Crippen LogP contribution in [0.5, 0.6) is 5.75 Å². The Morgan fingerprint density at radius 3 is 2.45 bits per heavy atom. The molecule has 2 aromatic heterocycles. The number of nitrogens with zero attached hydrogens (tertiary/aromatic N) is 2. The molecule has 0 saturated heterocycles. The van der Waals surface area contributed by atoms with Gasteiger partial charge in [0, 0.05) is 5.56 Å². The highest BCUT2D eigenvalue weighted by molar-refractivity contribution is 7.12.